The van der Waals surface area contributed by atoms with Crippen molar-refractivity contribution in [1.29, 1.82) is 0 Å². The fourth-order valence-corrected chi connectivity index (χ4v) is 1.75. The second-order valence-corrected chi connectivity index (χ2v) is 3.74. The molecule has 0 saturated carbocycles. The largest absolute Gasteiger partial charge is 0.463 e. The van der Waals surface area contributed by atoms with Gasteiger partial charge in [0.15, 0.2) is 5.58 Å². The lowest BCUT2D eigenvalue weighted by Gasteiger charge is -2.00. The number of aromatic nitrogens is 1. The van der Waals surface area contributed by atoms with Gasteiger partial charge in [0, 0.05) is 17.2 Å². The van der Waals surface area contributed by atoms with E-state index in [9.17, 15) is 4.79 Å². The van der Waals surface area contributed by atoms with Crippen LogP contribution in [0.4, 0.5) is 0 Å². The summed E-state index contributed by atoms with van der Waals surface area (Å²) in [6.07, 6.45) is 2.45. The predicted molar refractivity (Wildman–Crippen MR) is 64.8 cm³/mol. The number of fused-ring (bicyclic) bond motifs is 1. The Morgan fingerprint density at radius 3 is 2.59 bits per heavy atom. The first kappa shape index (κ1) is 9.78. The van der Waals surface area contributed by atoms with Crippen molar-refractivity contribution in [1.82, 2.24) is 4.98 Å². The van der Waals surface area contributed by atoms with Gasteiger partial charge in [-0.05, 0) is 12.1 Å². The van der Waals surface area contributed by atoms with Crippen LogP contribution in [-0.2, 0) is 0 Å². The summed E-state index contributed by atoms with van der Waals surface area (Å²) >= 11 is 0. The van der Waals surface area contributed by atoms with Crippen molar-refractivity contribution in [3.05, 3.63) is 54.3 Å². The van der Waals surface area contributed by atoms with E-state index in [0.29, 0.717) is 5.56 Å². The second kappa shape index (κ2) is 3.87. The van der Waals surface area contributed by atoms with Gasteiger partial charge in [0.05, 0.1) is 12.0 Å². The van der Waals surface area contributed by atoms with Gasteiger partial charge in [0.2, 0.25) is 0 Å². The first-order valence-corrected chi connectivity index (χ1v) is 5.27. The molecule has 0 amide bonds. The quantitative estimate of drug-likeness (QED) is 0.626. The van der Waals surface area contributed by atoms with Gasteiger partial charge in [0.25, 0.3) is 0 Å². The summed E-state index contributed by atoms with van der Waals surface area (Å²) in [6.45, 7) is 0. The molecule has 17 heavy (non-hydrogen) atoms. The molecule has 0 atom stereocenters. The van der Waals surface area contributed by atoms with Gasteiger partial charge in [-0.15, -0.1) is 0 Å². The van der Waals surface area contributed by atoms with E-state index in [-0.39, 0.29) is 0 Å². The molecule has 0 aliphatic carbocycles. The van der Waals surface area contributed by atoms with Crippen LogP contribution < -0.4 is 0 Å². The Hall–Kier alpha value is -2.42. The number of carbonyl (C=O) groups is 1. The zero-order valence-electron chi connectivity index (χ0n) is 8.96. The summed E-state index contributed by atoms with van der Waals surface area (Å²) in [5.74, 6) is 0. The Morgan fingerprint density at radius 2 is 1.82 bits per heavy atom. The molecule has 2 aromatic heterocycles. The maximum absolute atomic E-state index is 10.6. The third kappa shape index (κ3) is 1.72. The van der Waals surface area contributed by atoms with Crippen LogP contribution in [0.1, 0.15) is 10.4 Å². The SMILES string of the molecule is O=Cc1ccc(-c2ccc3occc3n2)cc1. The van der Waals surface area contributed by atoms with Crippen molar-refractivity contribution in [3.63, 3.8) is 0 Å². The minimum absolute atomic E-state index is 0.665. The van der Waals surface area contributed by atoms with Crippen LogP contribution in [0.3, 0.4) is 0 Å². The summed E-state index contributed by atoms with van der Waals surface area (Å²) in [4.78, 5) is 15.0. The molecule has 0 fully saturated rings. The fourth-order valence-electron chi connectivity index (χ4n) is 1.75. The Morgan fingerprint density at radius 1 is 1.00 bits per heavy atom. The standard InChI is InChI=1S/C14H9NO2/c16-9-10-1-3-11(4-2-10)12-5-6-14-13(15-12)7-8-17-14/h1-9H. The van der Waals surface area contributed by atoms with Gasteiger partial charge in [-0.3, -0.25) is 4.79 Å². The topological polar surface area (TPSA) is 43.1 Å². The van der Waals surface area contributed by atoms with E-state index < -0.39 is 0 Å². The number of furan rings is 1. The number of benzene rings is 1. The first-order valence-electron chi connectivity index (χ1n) is 5.27. The van der Waals surface area contributed by atoms with Gasteiger partial charge in [-0.1, -0.05) is 24.3 Å². The Kier molecular flexibility index (Phi) is 2.22. The van der Waals surface area contributed by atoms with Gasteiger partial charge in [-0.25, -0.2) is 4.98 Å². The summed E-state index contributed by atoms with van der Waals surface area (Å²) < 4.78 is 5.24. The van der Waals surface area contributed by atoms with Crippen LogP contribution in [0.15, 0.2) is 53.1 Å². The van der Waals surface area contributed by atoms with Gasteiger partial charge in [0.1, 0.15) is 11.8 Å². The minimum atomic E-state index is 0.665. The van der Waals surface area contributed by atoms with E-state index in [0.717, 1.165) is 28.6 Å². The molecule has 0 radical (unpaired) electrons. The Labute approximate surface area is 97.7 Å². The normalized spacial score (nSPS) is 10.6. The number of aldehydes is 1. The average molecular weight is 223 g/mol. The van der Waals surface area contributed by atoms with Crippen LogP contribution in [0.25, 0.3) is 22.4 Å². The first-order chi connectivity index (χ1) is 8.36. The molecule has 0 bridgehead atoms. The van der Waals surface area contributed by atoms with Crippen molar-refractivity contribution in [2.45, 2.75) is 0 Å². The lowest BCUT2D eigenvalue weighted by atomic mass is 10.1. The molecular formula is C14H9NO2. The number of hydrogen-bond acceptors (Lipinski definition) is 3. The number of nitrogens with zero attached hydrogens (tertiary/aromatic N) is 1. The minimum Gasteiger partial charge on any atom is -0.463 e. The summed E-state index contributed by atoms with van der Waals surface area (Å²) in [6, 6.07) is 13.0. The molecule has 0 aliphatic heterocycles. The molecule has 2 heterocycles. The number of pyridine rings is 1. The number of hydrogen-bond donors (Lipinski definition) is 0. The predicted octanol–water partition coefficient (Wildman–Crippen LogP) is 3.31. The van der Waals surface area contributed by atoms with Crippen LogP contribution in [0.5, 0.6) is 0 Å². The highest BCUT2D eigenvalue weighted by Gasteiger charge is 2.03. The highest BCUT2D eigenvalue weighted by atomic mass is 16.3. The van der Waals surface area contributed by atoms with Crippen LogP contribution in [0, 0.1) is 0 Å². The smallest absolute Gasteiger partial charge is 0.152 e. The number of carbonyl (C=O) groups excluding carboxylic acids is 1. The van der Waals surface area contributed by atoms with Gasteiger partial charge >= 0.3 is 0 Å². The van der Waals surface area contributed by atoms with E-state index in [1.165, 1.54) is 0 Å². The molecule has 3 rings (SSSR count). The molecule has 0 spiro atoms. The molecule has 82 valence electrons. The lowest BCUT2D eigenvalue weighted by Crippen LogP contribution is -1.84. The molecule has 1 aromatic carbocycles. The highest BCUT2D eigenvalue weighted by molar-refractivity contribution is 5.79. The Bertz CT molecular complexity index is 668. The van der Waals surface area contributed by atoms with E-state index in [4.69, 9.17) is 4.42 Å². The molecular weight excluding hydrogens is 214 g/mol. The number of rotatable bonds is 2. The molecule has 3 nitrogen and oxygen atoms in total. The van der Waals surface area contributed by atoms with Crippen molar-refractivity contribution in [2.24, 2.45) is 0 Å². The van der Waals surface area contributed by atoms with E-state index in [1.54, 1.807) is 18.4 Å². The second-order valence-electron chi connectivity index (χ2n) is 3.74. The van der Waals surface area contributed by atoms with E-state index in [1.807, 2.05) is 30.3 Å². The molecule has 0 unspecified atom stereocenters. The fraction of sp³-hybridized carbons (Fsp3) is 0. The molecule has 3 heteroatoms. The van der Waals surface area contributed by atoms with Crippen molar-refractivity contribution >= 4 is 17.4 Å². The summed E-state index contributed by atoms with van der Waals surface area (Å²) in [5, 5.41) is 0. The molecule has 3 aromatic rings. The van der Waals surface area contributed by atoms with E-state index >= 15 is 0 Å². The average Bonchev–Trinajstić information content (AvgIpc) is 2.86. The summed E-state index contributed by atoms with van der Waals surface area (Å²) in [5.41, 5.74) is 4.13. The van der Waals surface area contributed by atoms with Crippen LogP contribution in [0.2, 0.25) is 0 Å². The van der Waals surface area contributed by atoms with E-state index in [2.05, 4.69) is 4.98 Å². The van der Waals surface area contributed by atoms with Gasteiger partial charge < -0.3 is 4.42 Å². The zero-order chi connectivity index (χ0) is 11.7. The van der Waals surface area contributed by atoms with Crippen LogP contribution >= 0.6 is 0 Å². The summed E-state index contributed by atoms with van der Waals surface area (Å²) in [7, 11) is 0. The molecule has 0 N–H and O–H groups in total. The third-order valence-corrected chi connectivity index (χ3v) is 2.65. The maximum atomic E-state index is 10.6. The van der Waals surface area contributed by atoms with Crippen molar-refractivity contribution in [2.75, 3.05) is 0 Å². The Balaban J connectivity index is 2.09. The zero-order valence-corrected chi connectivity index (χ0v) is 8.96. The van der Waals surface area contributed by atoms with Crippen LogP contribution in [-0.4, -0.2) is 11.3 Å². The van der Waals surface area contributed by atoms with Gasteiger partial charge in [-0.2, -0.15) is 0 Å². The third-order valence-electron chi connectivity index (χ3n) is 2.65. The van der Waals surface area contributed by atoms with Crippen molar-refractivity contribution in [3.8, 4) is 11.3 Å². The van der Waals surface area contributed by atoms with Crippen molar-refractivity contribution < 1.29 is 9.21 Å². The maximum Gasteiger partial charge on any atom is 0.152 e. The monoisotopic (exact) mass is 223 g/mol. The lowest BCUT2D eigenvalue weighted by molar-refractivity contribution is 0.112. The molecule has 0 aliphatic rings. The molecule has 0 saturated heterocycles. The highest BCUT2D eigenvalue weighted by Crippen LogP contribution is 2.21.